The van der Waals surface area contributed by atoms with Gasteiger partial charge in [0.15, 0.2) is 0 Å². The lowest BCUT2D eigenvalue weighted by Gasteiger charge is -2.17. The molecule has 1 aromatic rings. The van der Waals surface area contributed by atoms with Crippen molar-refractivity contribution in [1.82, 2.24) is 10.2 Å². The lowest BCUT2D eigenvalue weighted by atomic mass is 10.1. The maximum Gasteiger partial charge on any atom is 0.317 e. The van der Waals surface area contributed by atoms with Gasteiger partial charge in [0.1, 0.15) is 0 Å². The molecule has 3 heteroatoms. The number of nitrogens with zero attached hydrogens (tertiary/aromatic N) is 1. The van der Waals surface area contributed by atoms with Gasteiger partial charge in [0.25, 0.3) is 0 Å². The second kappa shape index (κ2) is 5.54. The van der Waals surface area contributed by atoms with Crippen molar-refractivity contribution in [2.24, 2.45) is 0 Å². The second-order valence-corrected chi connectivity index (χ2v) is 4.43. The predicted octanol–water partition coefficient (Wildman–Crippen LogP) is 2.20. The Balaban J connectivity index is 2.48. The van der Waals surface area contributed by atoms with Gasteiger partial charge in [0.05, 0.1) is 0 Å². The van der Waals surface area contributed by atoms with E-state index in [1.807, 2.05) is 6.92 Å². The molecule has 0 bridgehead atoms. The van der Waals surface area contributed by atoms with Crippen LogP contribution >= 0.6 is 0 Å². The quantitative estimate of drug-likeness (QED) is 0.832. The summed E-state index contributed by atoms with van der Waals surface area (Å²) in [7, 11) is 3.49. The van der Waals surface area contributed by atoms with Crippen molar-refractivity contribution >= 4 is 6.03 Å². The van der Waals surface area contributed by atoms with E-state index in [0.717, 1.165) is 6.42 Å². The van der Waals surface area contributed by atoms with Crippen LogP contribution in [0, 0.1) is 6.92 Å². The molecule has 16 heavy (non-hydrogen) atoms. The second-order valence-electron chi connectivity index (χ2n) is 4.43. The fourth-order valence-corrected chi connectivity index (χ4v) is 1.47. The van der Waals surface area contributed by atoms with E-state index >= 15 is 0 Å². The summed E-state index contributed by atoms with van der Waals surface area (Å²) in [5.41, 5.74) is 2.51. The molecule has 0 aliphatic carbocycles. The standard InChI is InChI=1S/C13H20N2O/c1-10-5-7-12(8-6-10)9-11(2)14-13(16)15(3)4/h5-8,11H,9H2,1-4H3,(H,14,16). The van der Waals surface area contributed by atoms with Gasteiger partial charge in [0, 0.05) is 20.1 Å². The van der Waals surface area contributed by atoms with E-state index in [-0.39, 0.29) is 12.1 Å². The molecule has 0 fully saturated rings. The molecule has 1 rings (SSSR count). The molecule has 1 atom stereocenters. The predicted molar refractivity (Wildman–Crippen MR) is 66.6 cm³/mol. The fraction of sp³-hybridized carbons (Fsp3) is 0.462. The van der Waals surface area contributed by atoms with E-state index in [0.29, 0.717) is 0 Å². The first-order valence-electron chi connectivity index (χ1n) is 5.52. The van der Waals surface area contributed by atoms with Crippen LogP contribution in [0.25, 0.3) is 0 Å². The SMILES string of the molecule is Cc1ccc(CC(C)NC(=O)N(C)C)cc1. The Labute approximate surface area is 97.5 Å². The summed E-state index contributed by atoms with van der Waals surface area (Å²) in [5, 5.41) is 2.93. The molecule has 0 radical (unpaired) electrons. The summed E-state index contributed by atoms with van der Waals surface area (Å²) in [4.78, 5) is 13.0. The number of aryl methyl sites for hydroxylation is 1. The Morgan fingerprint density at radius 2 is 1.88 bits per heavy atom. The zero-order valence-corrected chi connectivity index (χ0v) is 10.4. The maximum absolute atomic E-state index is 11.4. The third kappa shape index (κ3) is 3.93. The molecule has 1 N–H and O–H groups in total. The molecule has 0 spiro atoms. The first-order valence-corrected chi connectivity index (χ1v) is 5.52. The van der Waals surface area contributed by atoms with Crippen LogP contribution in [0.2, 0.25) is 0 Å². The van der Waals surface area contributed by atoms with Gasteiger partial charge in [-0.25, -0.2) is 4.79 Å². The molecular formula is C13H20N2O. The zero-order chi connectivity index (χ0) is 12.1. The van der Waals surface area contributed by atoms with Crippen molar-refractivity contribution in [2.45, 2.75) is 26.3 Å². The van der Waals surface area contributed by atoms with Crippen LogP contribution in [0.5, 0.6) is 0 Å². The van der Waals surface area contributed by atoms with Crippen LogP contribution in [-0.2, 0) is 6.42 Å². The fourth-order valence-electron chi connectivity index (χ4n) is 1.47. The van der Waals surface area contributed by atoms with Crippen molar-refractivity contribution < 1.29 is 4.79 Å². The monoisotopic (exact) mass is 220 g/mol. The minimum absolute atomic E-state index is 0.0420. The lowest BCUT2D eigenvalue weighted by Crippen LogP contribution is -2.40. The highest BCUT2D eigenvalue weighted by atomic mass is 16.2. The highest BCUT2D eigenvalue weighted by Crippen LogP contribution is 2.06. The van der Waals surface area contributed by atoms with E-state index in [2.05, 4.69) is 36.5 Å². The molecule has 0 saturated carbocycles. The molecule has 0 aromatic heterocycles. The average molecular weight is 220 g/mol. The molecule has 0 heterocycles. The van der Waals surface area contributed by atoms with Crippen LogP contribution in [0.15, 0.2) is 24.3 Å². The lowest BCUT2D eigenvalue weighted by molar-refractivity contribution is 0.214. The molecule has 0 saturated heterocycles. The number of hydrogen-bond donors (Lipinski definition) is 1. The first-order chi connectivity index (χ1) is 7.49. The number of benzene rings is 1. The minimum atomic E-state index is -0.0420. The van der Waals surface area contributed by atoms with Crippen LogP contribution in [0.3, 0.4) is 0 Å². The number of carbonyl (C=O) groups is 1. The largest absolute Gasteiger partial charge is 0.335 e. The van der Waals surface area contributed by atoms with Gasteiger partial charge in [-0.3, -0.25) is 0 Å². The third-order valence-electron chi connectivity index (χ3n) is 2.44. The summed E-state index contributed by atoms with van der Waals surface area (Å²) in [6.07, 6.45) is 0.861. The number of nitrogens with one attached hydrogen (secondary N) is 1. The molecule has 0 aliphatic rings. The Bertz CT molecular complexity index is 343. The molecule has 88 valence electrons. The molecule has 1 aromatic carbocycles. The van der Waals surface area contributed by atoms with E-state index < -0.39 is 0 Å². The normalized spacial score (nSPS) is 12.0. The van der Waals surface area contributed by atoms with Gasteiger partial charge in [-0.05, 0) is 25.8 Å². The summed E-state index contributed by atoms with van der Waals surface area (Å²) in [6.45, 7) is 4.09. The van der Waals surface area contributed by atoms with Crippen LogP contribution in [-0.4, -0.2) is 31.1 Å². The van der Waals surface area contributed by atoms with Crippen LogP contribution < -0.4 is 5.32 Å². The van der Waals surface area contributed by atoms with Crippen molar-refractivity contribution in [1.29, 1.82) is 0 Å². The van der Waals surface area contributed by atoms with Gasteiger partial charge in [-0.1, -0.05) is 29.8 Å². The van der Waals surface area contributed by atoms with Gasteiger partial charge in [0.2, 0.25) is 0 Å². The smallest absolute Gasteiger partial charge is 0.317 e. The molecule has 3 nitrogen and oxygen atoms in total. The van der Waals surface area contributed by atoms with E-state index in [1.165, 1.54) is 11.1 Å². The van der Waals surface area contributed by atoms with Crippen molar-refractivity contribution in [2.75, 3.05) is 14.1 Å². The Morgan fingerprint density at radius 3 is 2.38 bits per heavy atom. The van der Waals surface area contributed by atoms with Crippen molar-refractivity contribution in [3.05, 3.63) is 35.4 Å². The van der Waals surface area contributed by atoms with Crippen LogP contribution in [0.1, 0.15) is 18.1 Å². The molecule has 1 unspecified atom stereocenters. The van der Waals surface area contributed by atoms with E-state index in [4.69, 9.17) is 0 Å². The average Bonchev–Trinajstić information content (AvgIpc) is 2.21. The van der Waals surface area contributed by atoms with Gasteiger partial charge in [-0.2, -0.15) is 0 Å². The molecule has 0 aliphatic heterocycles. The third-order valence-corrected chi connectivity index (χ3v) is 2.44. The highest BCUT2D eigenvalue weighted by Gasteiger charge is 2.08. The van der Waals surface area contributed by atoms with Crippen LogP contribution in [0.4, 0.5) is 4.79 Å². The molecule has 2 amide bonds. The zero-order valence-electron chi connectivity index (χ0n) is 10.4. The van der Waals surface area contributed by atoms with Gasteiger partial charge in [-0.15, -0.1) is 0 Å². The van der Waals surface area contributed by atoms with Gasteiger partial charge < -0.3 is 10.2 Å². The highest BCUT2D eigenvalue weighted by molar-refractivity contribution is 5.73. The minimum Gasteiger partial charge on any atom is -0.335 e. The van der Waals surface area contributed by atoms with Crippen molar-refractivity contribution in [3.8, 4) is 0 Å². The van der Waals surface area contributed by atoms with Gasteiger partial charge >= 0.3 is 6.03 Å². The summed E-state index contributed by atoms with van der Waals surface area (Å²) < 4.78 is 0. The Hall–Kier alpha value is -1.51. The topological polar surface area (TPSA) is 32.3 Å². The summed E-state index contributed by atoms with van der Waals surface area (Å²) >= 11 is 0. The Morgan fingerprint density at radius 1 is 1.31 bits per heavy atom. The number of urea groups is 1. The number of carbonyl (C=O) groups excluding carboxylic acids is 1. The summed E-state index contributed by atoms with van der Waals surface area (Å²) in [5.74, 6) is 0. The number of hydrogen-bond acceptors (Lipinski definition) is 1. The Kier molecular flexibility index (Phi) is 4.35. The molecular weight excluding hydrogens is 200 g/mol. The van der Waals surface area contributed by atoms with Crippen molar-refractivity contribution in [3.63, 3.8) is 0 Å². The van der Waals surface area contributed by atoms with E-state index in [1.54, 1.807) is 19.0 Å². The summed E-state index contributed by atoms with van der Waals surface area (Å²) in [6, 6.07) is 8.50. The maximum atomic E-state index is 11.4. The first kappa shape index (κ1) is 12.6. The number of amides is 2. The van der Waals surface area contributed by atoms with E-state index in [9.17, 15) is 4.79 Å². The number of rotatable bonds is 3.